The van der Waals surface area contributed by atoms with Crippen molar-refractivity contribution in [2.45, 2.75) is 33.2 Å². The maximum atomic E-state index is 13.4. The van der Waals surface area contributed by atoms with E-state index >= 15 is 0 Å². The Morgan fingerprint density at radius 1 is 0.970 bits per heavy atom. The van der Waals surface area contributed by atoms with Gasteiger partial charge in [-0.15, -0.1) is 0 Å². The Labute approximate surface area is 198 Å². The predicted molar refractivity (Wildman–Crippen MR) is 133 cm³/mol. The molecule has 5 rings (SSSR count). The van der Waals surface area contributed by atoms with Crippen LogP contribution < -0.4 is 11.2 Å². The van der Waals surface area contributed by atoms with Crippen LogP contribution in [0, 0.1) is 6.92 Å². The molecule has 0 saturated heterocycles. The molecule has 0 radical (unpaired) electrons. The number of aryl methyl sites for hydroxylation is 1. The molecule has 3 aromatic rings. The Morgan fingerprint density at radius 3 is 2.39 bits per heavy atom. The van der Waals surface area contributed by atoms with Gasteiger partial charge in [0.05, 0.1) is 16.9 Å². The van der Waals surface area contributed by atoms with Crippen LogP contribution in [0.5, 0.6) is 0 Å². The van der Waals surface area contributed by atoms with E-state index in [2.05, 4.69) is 20.9 Å². The number of hydrogen-bond donors (Lipinski definition) is 0. The van der Waals surface area contributed by atoms with Crippen LogP contribution in [0.15, 0.2) is 74.7 Å². The predicted octanol–water partition coefficient (Wildman–Crippen LogP) is 4.71. The van der Waals surface area contributed by atoms with Crippen molar-refractivity contribution in [2.75, 3.05) is 0 Å². The third kappa shape index (κ3) is 3.60. The lowest BCUT2D eigenvalue weighted by molar-refractivity contribution is 0.582. The first-order valence-corrected chi connectivity index (χ1v) is 11.7. The number of halogens is 1. The molecule has 2 aliphatic heterocycles. The van der Waals surface area contributed by atoms with Crippen molar-refractivity contribution in [1.82, 2.24) is 23.9 Å². The monoisotopic (exact) mass is 503 g/mol. The number of aromatic nitrogens is 5. The largest absolute Gasteiger partial charge is 0.352 e. The van der Waals surface area contributed by atoms with E-state index in [1.165, 1.54) is 4.57 Å². The Morgan fingerprint density at radius 2 is 1.70 bits per heavy atom. The number of fused-ring (bicyclic) bond motifs is 2. The zero-order valence-electron chi connectivity index (χ0n) is 18.3. The summed E-state index contributed by atoms with van der Waals surface area (Å²) in [5.74, 6) is 0.324. The van der Waals surface area contributed by atoms with Crippen molar-refractivity contribution in [2.24, 2.45) is 0 Å². The zero-order valence-corrected chi connectivity index (χ0v) is 19.9. The molecule has 2 aromatic carbocycles. The summed E-state index contributed by atoms with van der Waals surface area (Å²) < 4.78 is 5.86. The number of pyridine rings is 1. The molecular weight excluding hydrogens is 482 g/mol. The van der Waals surface area contributed by atoms with Crippen LogP contribution in [0.1, 0.15) is 25.5 Å². The Kier molecular flexibility index (Phi) is 5.46. The number of hydrogen-bond acceptors (Lipinski definition) is 4. The lowest BCUT2D eigenvalue weighted by Gasteiger charge is -2.18. The van der Waals surface area contributed by atoms with Crippen LogP contribution in [0.2, 0.25) is 0 Å². The topological polar surface area (TPSA) is 74.7 Å². The van der Waals surface area contributed by atoms with E-state index in [9.17, 15) is 9.59 Å². The first-order valence-electron chi connectivity index (χ1n) is 10.9. The first-order chi connectivity index (χ1) is 16.0. The Balaban J connectivity index is 1.95. The number of rotatable bonds is 5. The van der Waals surface area contributed by atoms with Gasteiger partial charge in [-0.1, -0.05) is 47.5 Å². The summed E-state index contributed by atoms with van der Waals surface area (Å²) in [7, 11) is 0. The minimum Gasteiger partial charge on any atom is -0.278 e. The first kappa shape index (κ1) is 21.3. The Bertz CT molecular complexity index is 1550. The molecule has 166 valence electrons. The second-order valence-electron chi connectivity index (χ2n) is 7.97. The summed E-state index contributed by atoms with van der Waals surface area (Å²) in [5, 5.41) is 5.61. The summed E-state index contributed by atoms with van der Waals surface area (Å²) in [5.41, 5.74) is 2.73. The summed E-state index contributed by atoms with van der Waals surface area (Å²) in [6, 6.07) is 19.3. The van der Waals surface area contributed by atoms with Crippen LogP contribution in [-0.2, 0) is 6.54 Å². The molecule has 0 spiro atoms. The molecule has 0 fully saturated rings. The smallest absolute Gasteiger partial charge is 0.278 e. The standard InChI is InChI=1S/C25H22BrN5O2/c1-3-4-14-29-24(32)21-15-20-16(2)28-31(19-8-6-5-7-9-19)23(20)30(22(21)27-25(29)33)18-12-10-17(26)11-13-18/h5-13,15H,3-4,14H2,1-2H3. The van der Waals surface area contributed by atoms with Crippen LogP contribution in [-0.4, -0.2) is 23.9 Å². The summed E-state index contributed by atoms with van der Waals surface area (Å²) in [6.45, 7) is 4.30. The average Bonchev–Trinajstić information content (AvgIpc) is 3.15. The molecule has 1 aromatic heterocycles. The fraction of sp³-hybridized carbons (Fsp3) is 0.200. The summed E-state index contributed by atoms with van der Waals surface area (Å²) in [4.78, 5) is 30.7. The molecular formula is C25H22BrN5O2. The molecule has 0 saturated carbocycles. The Hall–Kier alpha value is -3.52. The third-order valence-corrected chi connectivity index (χ3v) is 6.29. The van der Waals surface area contributed by atoms with E-state index in [-0.39, 0.29) is 5.56 Å². The number of para-hydroxylation sites is 1. The fourth-order valence-electron chi connectivity index (χ4n) is 4.09. The molecule has 0 atom stereocenters. The van der Waals surface area contributed by atoms with E-state index < -0.39 is 5.69 Å². The molecule has 33 heavy (non-hydrogen) atoms. The highest BCUT2D eigenvalue weighted by molar-refractivity contribution is 9.10. The van der Waals surface area contributed by atoms with Gasteiger partial charge >= 0.3 is 5.69 Å². The molecule has 0 aliphatic carbocycles. The van der Waals surface area contributed by atoms with Gasteiger partial charge in [-0.3, -0.25) is 13.9 Å². The second-order valence-corrected chi connectivity index (χ2v) is 8.88. The highest BCUT2D eigenvalue weighted by atomic mass is 79.9. The summed E-state index contributed by atoms with van der Waals surface area (Å²) >= 11 is 3.48. The number of nitrogens with zero attached hydrogens (tertiary/aromatic N) is 5. The van der Waals surface area contributed by atoms with Gasteiger partial charge in [-0.2, -0.15) is 10.1 Å². The highest BCUT2D eigenvalue weighted by Crippen LogP contribution is 2.31. The third-order valence-electron chi connectivity index (χ3n) is 5.76. The minimum atomic E-state index is -0.534. The maximum Gasteiger partial charge on any atom is 0.352 e. The van der Waals surface area contributed by atoms with Gasteiger partial charge in [0.2, 0.25) is 0 Å². The molecule has 0 N–H and O–H groups in total. The summed E-state index contributed by atoms with van der Waals surface area (Å²) in [6.07, 6.45) is 1.62. The van der Waals surface area contributed by atoms with E-state index in [1.807, 2.05) is 83.8 Å². The van der Waals surface area contributed by atoms with E-state index in [1.54, 1.807) is 0 Å². The molecule has 2 aliphatic rings. The van der Waals surface area contributed by atoms with Crippen molar-refractivity contribution >= 4 is 27.0 Å². The van der Waals surface area contributed by atoms with Crippen molar-refractivity contribution in [3.63, 3.8) is 0 Å². The van der Waals surface area contributed by atoms with Crippen LogP contribution in [0.4, 0.5) is 0 Å². The molecule has 0 unspecified atom stereocenters. The van der Waals surface area contributed by atoms with Crippen molar-refractivity contribution in [1.29, 1.82) is 0 Å². The highest BCUT2D eigenvalue weighted by Gasteiger charge is 2.24. The molecule has 8 heteroatoms. The van der Waals surface area contributed by atoms with Gasteiger partial charge in [-0.05, 0) is 55.8 Å². The van der Waals surface area contributed by atoms with Crippen LogP contribution in [0.3, 0.4) is 0 Å². The van der Waals surface area contributed by atoms with E-state index in [0.717, 1.165) is 45.4 Å². The van der Waals surface area contributed by atoms with Gasteiger partial charge in [0.15, 0.2) is 5.82 Å². The minimum absolute atomic E-state index is 0.321. The molecule has 3 heterocycles. The SMILES string of the molecule is CCCCn1c(=O)nc2n(-c3ccc(Br)cc3)c3c(cc-2c1=O)c(C)nn3-c1ccccc1. The lowest BCUT2D eigenvalue weighted by Crippen LogP contribution is -2.38. The normalized spacial score (nSPS) is 11.5. The number of benzene rings is 2. The molecule has 0 amide bonds. The van der Waals surface area contributed by atoms with Gasteiger partial charge in [0.1, 0.15) is 5.65 Å². The van der Waals surface area contributed by atoms with Crippen LogP contribution >= 0.6 is 15.9 Å². The zero-order chi connectivity index (χ0) is 23.1. The van der Waals surface area contributed by atoms with E-state index in [4.69, 9.17) is 5.10 Å². The average molecular weight is 504 g/mol. The maximum absolute atomic E-state index is 13.4. The van der Waals surface area contributed by atoms with Gasteiger partial charge in [0.25, 0.3) is 5.56 Å². The quantitative estimate of drug-likeness (QED) is 0.348. The lowest BCUT2D eigenvalue weighted by atomic mass is 10.1. The van der Waals surface area contributed by atoms with Gasteiger partial charge in [0, 0.05) is 22.1 Å². The van der Waals surface area contributed by atoms with Crippen molar-refractivity contribution in [3.8, 4) is 22.8 Å². The fourth-order valence-corrected chi connectivity index (χ4v) is 4.35. The molecule has 0 bridgehead atoms. The van der Waals surface area contributed by atoms with Crippen molar-refractivity contribution in [3.05, 3.63) is 91.7 Å². The number of unbranched alkanes of at least 4 members (excludes halogenated alkanes) is 1. The second kappa shape index (κ2) is 8.44. The molecule has 7 nitrogen and oxygen atoms in total. The van der Waals surface area contributed by atoms with Crippen LogP contribution in [0.25, 0.3) is 33.8 Å². The van der Waals surface area contributed by atoms with E-state index in [0.29, 0.717) is 17.9 Å². The van der Waals surface area contributed by atoms with Crippen molar-refractivity contribution < 1.29 is 0 Å². The van der Waals surface area contributed by atoms with Gasteiger partial charge in [-0.25, -0.2) is 9.48 Å². The van der Waals surface area contributed by atoms with Gasteiger partial charge < -0.3 is 0 Å².